The van der Waals surface area contributed by atoms with E-state index in [1.54, 1.807) is 7.05 Å². The van der Waals surface area contributed by atoms with Crippen LogP contribution in [-0.4, -0.2) is 59.8 Å². The standard InChI is InChI=1S/C18H32N6O2.HI/c1-5-25-12(2)17-22-16(26-23-17)11-20-18(19-3)21-13-9-14-7-6-8-15(10-13)24(14)4;/h12-15H,5-11H2,1-4H3,(H2,19,20,21);1H. The highest BCUT2D eigenvalue weighted by atomic mass is 127. The fourth-order valence-corrected chi connectivity index (χ4v) is 4.11. The molecule has 1 aromatic heterocycles. The van der Waals surface area contributed by atoms with E-state index < -0.39 is 0 Å². The quantitative estimate of drug-likeness (QED) is 0.359. The number of piperidine rings is 2. The summed E-state index contributed by atoms with van der Waals surface area (Å²) in [6.45, 7) is 4.94. The van der Waals surface area contributed by atoms with Crippen LogP contribution >= 0.6 is 24.0 Å². The minimum absolute atomic E-state index is 0. The maximum atomic E-state index is 5.49. The molecular weight excluding hydrogens is 459 g/mol. The molecule has 2 fully saturated rings. The van der Waals surface area contributed by atoms with Crippen molar-refractivity contribution in [3.63, 3.8) is 0 Å². The summed E-state index contributed by atoms with van der Waals surface area (Å²) in [6, 6.07) is 1.84. The minimum atomic E-state index is -0.159. The first-order chi connectivity index (χ1) is 12.6. The van der Waals surface area contributed by atoms with Crippen molar-refractivity contribution in [1.82, 2.24) is 25.7 Å². The molecule has 0 aliphatic carbocycles. The van der Waals surface area contributed by atoms with E-state index in [2.05, 4.69) is 37.7 Å². The highest BCUT2D eigenvalue weighted by molar-refractivity contribution is 14.0. The van der Waals surface area contributed by atoms with Gasteiger partial charge in [-0.05, 0) is 46.6 Å². The van der Waals surface area contributed by atoms with Gasteiger partial charge in [-0.15, -0.1) is 24.0 Å². The highest BCUT2D eigenvalue weighted by Gasteiger charge is 2.36. The maximum absolute atomic E-state index is 5.49. The number of fused-ring (bicyclic) bond motifs is 2. The molecule has 2 saturated heterocycles. The summed E-state index contributed by atoms with van der Waals surface area (Å²) in [7, 11) is 4.07. The number of nitrogens with one attached hydrogen (secondary N) is 2. The minimum Gasteiger partial charge on any atom is -0.371 e. The molecule has 0 radical (unpaired) electrons. The zero-order valence-corrected chi connectivity index (χ0v) is 19.1. The Labute approximate surface area is 178 Å². The Bertz CT molecular complexity index is 596. The van der Waals surface area contributed by atoms with Crippen molar-refractivity contribution in [2.45, 2.75) is 76.7 Å². The number of nitrogens with zero attached hydrogens (tertiary/aromatic N) is 4. The van der Waals surface area contributed by atoms with Gasteiger partial charge >= 0.3 is 0 Å². The Morgan fingerprint density at radius 1 is 1.37 bits per heavy atom. The number of hydrogen-bond donors (Lipinski definition) is 2. The van der Waals surface area contributed by atoms with E-state index in [0.717, 1.165) is 5.96 Å². The molecule has 1 aromatic rings. The summed E-state index contributed by atoms with van der Waals surface area (Å²) in [6.07, 6.45) is 6.15. The Morgan fingerprint density at radius 2 is 2.07 bits per heavy atom. The van der Waals surface area contributed by atoms with Gasteiger partial charge < -0.3 is 24.8 Å². The number of aromatic nitrogens is 2. The first-order valence-corrected chi connectivity index (χ1v) is 9.73. The van der Waals surface area contributed by atoms with Gasteiger partial charge in [0.1, 0.15) is 6.10 Å². The predicted octanol–water partition coefficient (Wildman–Crippen LogP) is 2.47. The topological polar surface area (TPSA) is 87.8 Å². The van der Waals surface area contributed by atoms with Crippen LogP contribution in [0.2, 0.25) is 0 Å². The van der Waals surface area contributed by atoms with E-state index in [4.69, 9.17) is 9.26 Å². The summed E-state index contributed by atoms with van der Waals surface area (Å²) in [5.41, 5.74) is 0. The zero-order valence-electron chi connectivity index (χ0n) is 16.8. The van der Waals surface area contributed by atoms with Crippen LogP contribution < -0.4 is 10.6 Å². The number of halogens is 1. The number of aliphatic imine (C=N–C) groups is 1. The third-order valence-corrected chi connectivity index (χ3v) is 5.58. The summed E-state index contributed by atoms with van der Waals surface area (Å²) < 4.78 is 10.8. The average Bonchev–Trinajstić information content (AvgIpc) is 3.08. The molecule has 3 unspecified atom stereocenters. The van der Waals surface area contributed by atoms with Crippen LogP contribution in [0.3, 0.4) is 0 Å². The van der Waals surface area contributed by atoms with E-state index in [0.29, 0.717) is 43.0 Å². The van der Waals surface area contributed by atoms with E-state index in [-0.39, 0.29) is 30.1 Å². The van der Waals surface area contributed by atoms with Crippen LogP contribution in [0, 0.1) is 0 Å². The predicted molar refractivity (Wildman–Crippen MR) is 115 cm³/mol. The number of ether oxygens (including phenoxy) is 1. The molecule has 3 rings (SSSR count). The second-order valence-corrected chi connectivity index (χ2v) is 7.29. The Kier molecular flexibility index (Phi) is 8.74. The van der Waals surface area contributed by atoms with Crippen LogP contribution in [0.15, 0.2) is 9.52 Å². The van der Waals surface area contributed by atoms with Gasteiger partial charge in [-0.3, -0.25) is 4.99 Å². The summed E-state index contributed by atoms with van der Waals surface area (Å²) in [5.74, 6) is 1.90. The van der Waals surface area contributed by atoms with E-state index >= 15 is 0 Å². The monoisotopic (exact) mass is 492 g/mol. The van der Waals surface area contributed by atoms with Gasteiger partial charge in [0.2, 0.25) is 5.89 Å². The molecule has 0 aromatic carbocycles. The van der Waals surface area contributed by atoms with Crippen molar-refractivity contribution in [2.24, 2.45) is 4.99 Å². The van der Waals surface area contributed by atoms with Gasteiger partial charge in [0, 0.05) is 31.8 Å². The lowest BCUT2D eigenvalue weighted by Crippen LogP contribution is -2.56. The summed E-state index contributed by atoms with van der Waals surface area (Å²) in [5, 5.41) is 10.8. The van der Waals surface area contributed by atoms with Crippen molar-refractivity contribution >= 4 is 29.9 Å². The highest BCUT2D eigenvalue weighted by Crippen LogP contribution is 2.32. The molecule has 3 atom stereocenters. The molecule has 0 spiro atoms. The molecule has 9 heteroatoms. The normalized spacial score (nSPS) is 27.0. The van der Waals surface area contributed by atoms with Crippen LogP contribution in [-0.2, 0) is 11.3 Å². The van der Waals surface area contributed by atoms with Crippen molar-refractivity contribution < 1.29 is 9.26 Å². The lowest BCUT2D eigenvalue weighted by Gasteiger charge is -2.47. The molecule has 2 bridgehead atoms. The number of guanidine groups is 1. The van der Waals surface area contributed by atoms with Gasteiger partial charge in [-0.1, -0.05) is 11.6 Å². The number of hydrogen-bond acceptors (Lipinski definition) is 6. The van der Waals surface area contributed by atoms with Crippen LogP contribution in [0.4, 0.5) is 0 Å². The van der Waals surface area contributed by atoms with Crippen molar-refractivity contribution in [2.75, 3.05) is 20.7 Å². The summed E-state index contributed by atoms with van der Waals surface area (Å²) in [4.78, 5) is 11.3. The largest absolute Gasteiger partial charge is 0.371 e. The molecule has 2 N–H and O–H groups in total. The molecule has 0 amide bonds. The second kappa shape index (κ2) is 10.6. The lowest BCUT2D eigenvalue weighted by molar-refractivity contribution is 0.0526. The molecule has 0 saturated carbocycles. The zero-order chi connectivity index (χ0) is 18.5. The summed E-state index contributed by atoms with van der Waals surface area (Å²) >= 11 is 0. The molecule has 2 aliphatic heterocycles. The Hall–Kier alpha value is -0.940. The third kappa shape index (κ3) is 5.77. The molecule has 27 heavy (non-hydrogen) atoms. The third-order valence-electron chi connectivity index (χ3n) is 5.58. The number of rotatable bonds is 6. The first kappa shape index (κ1) is 22.4. The van der Waals surface area contributed by atoms with Gasteiger partial charge in [0.25, 0.3) is 0 Å². The van der Waals surface area contributed by atoms with Crippen molar-refractivity contribution in [3.8, 4) is 0 Å². The van der Waals surface area contributed by atoms with Gasteiger partial charge in [0.15, 0.2) is 11.8 Å². The van der Waals surface area contributed by atoms with Crippen LogP contribution in [0.1, 0.15) is 63.8 Å². The second-order valence-electron chi connectivity index (χ2n) is 7.29. The fourth-order valence-electron chi connectivity index (χ4n) is 4.11. The Morgan fingerprint density at radius 3 is 2.70 bits per heavy atom. The lowest BCUT2D eigenvalue weighted by atomic mass is 9.82. The van der Waals surface area contributed by atoms with Crippen molar-refractivity contribution in [1.29, 1.82) is 0 Å². The van der Waals surface area contributed by atoms with Crippen LogP contribution in [0.5, 0.6) is 0 Å². The first-order valence-electron chi connectivity index (χ1n) is 9.73. The molecule has 154 valence electrons. The molecule has 3 heterocycles. The van der Waals surface area contributed by atoms with E-state index in [9.17, 15) is 0 Å². The van der Waals surface area contributed by atoms with E-state index in [1.807, 2.05) is 13.8 Å². The van der Waals surface area contributed by atoms with Gasteiger partial charge in [-0.2, -0.15) is 4.98 Å². The molecular formula is C18H33IN6O2. The van der Waals surface area contributed by atoms with E-state index in [1.165, 1.54) is 32.1 Å². The molecule has 8 nitrogen and oxygen atoms in total. The molecule has 2 aliphatic rings. The van der Waals surface area contributed by atoms with Crippen molar-refractivity contribution in [3.05, 3.63) is 11.7 Å². The maximum Gasteiger partial charge on any atom is 0.246 e. The smallest absolute Gasteiger partial charge is 0.246 e. The Balaban J connectivity index is 0.00000261. The van der Waals surface area contributed by atoms with Gasteiger partial charge in [0.05, 0.1) is 6.54 Å². The fraction of sp³-hybridized carbons (Fsp3) is 0.833. The van der Waals surface area contributed by atoms with Crippen LogP contribution in [0.25, 0.3) is 0 Å². The van der Waals surface area contributed by atoms with Gasteiger partial charge in [-0.25, -0.2) is 0 Å². The SMILES string of the molecule is CCOC(C)c1noc(CNC(=NC)NC2CC3CCCC(C2)N3C)n1.I. The average molecular weight is 492 g/mol.